The van der Waals surface area contributed by atoms with Gasteiger partial charge in [0.1, 0.15) is 0 Å². The zero-order chi connectivity index (χ0) is 14.6. The Morgan fingerprint density at radius 2 is 1.11 bits per heavy atom. The van der Waals surface area contributed by atoms with Crippen LogP contribution in [0, 0.1) is 0 Å². The van der Waals surface area contributed by atoms with Crippen LogP contribution in [0.1, 0.15) is 46.5 Å². The van der Waals surface area contributed by atoms with Gasteiger partial charge in [-0.3, -0.25) is 0 Å². The summed E-state index contributed by atoms with van der Waals surface area (Å²) in [7, 11) is 1.91. The van der Waals surface area contributed by atoms with Gasteiger partial charge in [0.15, 0.2) is 0 Å². The summed E-state index contributed by atoms with van der Waals surface area (Å²) in [5.74, 6) is 0. The largest absolute Gasteiger partial charge is 0.379 e. The summed E-state index contributed by atoms with van der Waals surface area (Å²) in [6.45, 7) is 11.6. The first-order valence-electron chi connectivity index (χ1n) is 7.71. The minimum atomic E-state index is 0.652. The maximum atomic E-state index is 5.29. The molecule has 0 saturated carbocycles. The van der Waals surface area contributed by atoms with E-state index >= 15 is 0 Å². The summed E-state index contributed by atoms with van der Waals surface area (Å²) in [4.78, 5) is 0. The summed E-state index contributed by atoms with van der Waals surface area (Å²) < 4.78 is 15.8. The monoisotopic (exact) mass is 277 g/mol. The van der Waals surface area contributed by atoms with Gasteiger partial charge in [0.2, 0.25) is 0 Å². The van der Waals surface area contributed by atoms with Crippen molar-refractivity contribution in [3.8, 4) is 0 Å². The number of hydrogen-bond donors (Lipinski definition) is 1. The SMILES string of the molecule is CCCCC.CCCOCCOCCOCCNC. The van der Waals surface area contributed by atoms with Crippen molar-refractivity contribution in [2.75, 3.05) is 53.2 Å². The quantitative estimate of drug-likeness (QED) is 0.526. The van der Waals surface area contributed by atoms with Gasteiger partial charge in [-0.25, -0.2) is 0 Å². The van der Waals surface area contributed by atoms with Crippen molar-refractivity contribution in [3.63, 3.8) is 0 Å². The van der Waals surface area contributed by atoms with Gasteiger partial charge in [-0.05, 0) is 13.5 Å². The second kappa shape index (κ2) is 23.0. The van der Waals surface area contributed by atoms with Crippen LogP contribution in [-0.2, 0) is 14.2 Å². The van der Waals surface area contributed by atoms with Crippen molar-refractivity contribution in [1.29, 1.82) is 0 Å². The van der Waals surface area contributed by atoms with Crippen LogP contribution in [0.25, 0.3) is 0 Å². The van der Waals surface area contributed by atoms with E-state index in [1.807, 2.05) is 7.05 Å². The number of ether oxygens (including phenoxy) is 3. The molecule has 0 radical (unpaired) electrons. The molecular formula is C15H35NO3. The Morgan fingerprint density at radius 1 is 0.632 bits per heavy atom. The van der Waals surface area contributed by atoms with Crippen LogP contribution in [0.15, 0.2) is 0 Å². The highest BCUT2D eigenvalue weighted by Gasteiger charge is 1.90. The molecule has 0 aliphatic carbocycles. The molecule has 0 heterocycles. The summed E-state index contributed by atoms with van der Waals surface area (Å²) in [6, 6.07) is 0. The Bertz CT molecular complexity index is 121. The van der Waals surface area contributed by atoms with Crippen LogP contribution < -0.4 is 5.32 Å². The highest BCUT2D eigenvalue weighted by atomic mass is 16.5. The van der Waals surface area contributed by atoms with Crippen LogP contribution in [0.5, 0.6) is 0 Å². The Kier molecular flexibility index (Phi) is 25.6. The molecule has 4 heteroatoms. The standard InChI is InChI=1S/C10H23NO3.C5H12/c1-3-5-12-7-9-14-10-8-13-6-4-11-2;1-3-5-4-2/h11H,3-10H2,1-2H3;3-5H2,1-2H3. The second-order valence-electron chi connectivity index (χ2n) is 4.29. The van der Waals surface area contributed by atoms with Crippen molar-refractivity contribution < 1.29 is 14.2 Å². The molecule has 0 saturated heterocycles. The molecule has 0 unspecified atom stereocenters. The Hall–Kier alpha value is -0.160. The lowest BCUT2D eigenvalue weighted by molar-refractivity contribution is 0.0154. The van der Waals surface area contributed by atoms with Crippen molar-refractivity contribution in [2.24, 2.45) is 0 Å². The molecule has 0 atom stereocenters. The lowest BCUT2D eigenvalue weighted by atomic mass is 10.3. The van der Waals surface area contributed by atoms with Gasteiger partial charge in [-0.15, -0.1) is 0 Å². The second-order valence-corrected chi connectivity index (χ2v) is 4.29. The van der Waals surface area contributed by atoms with Crippen LogP contribution in [0.3, 0.4) is 0 Å². The van der Waals surface area contributed by atoms with E-state index in [4.69, 9.17) is 14.2 Å². The minimum absolute atomic E-state index is 0.652. The first kappa shape index (κ1) is 21.1. The van der Waals surface area contributed by atoms with Gasteiger partial charge < -0.3 is 19.5 Å². The number of hydrogen-bond acceptors (Lipinski definition) is 4. The molecule has 118 valence electrons. The lowest BCUT2D eigenvalue weighted by Gasteiger charge is -2.05. The zero-order valence-corrected chi connectivity index (χ0v) is 13.5. The Labute approximate surface area is 120 Å². The molecule has 0 rings (SSSR count). The molecule has 0 aliphatic heterocycles. The highest BCUT2D eigenvalue weighted by Crippen LogP contribution is 1.88. The Morgan fingerprint density at radius 3 is 1.47 bits per heavy atom. The molecule has 0 fully saturated rings. The molecule has 0 amide bonds. The molecule has 0 aliphatic rings. The van der Waals surface area contributed by atoms with Crippen molar-refractivity contribution in [2.45, 2.75) is 46.5 Å². The fourth-order valence-electron chi connectivity index (χ4n) is 1.21. The predicted octanol–water partition coefficient (Wildman–Crippen LogP) is 2.86. The molecule has 19 heavy (non-hydrogen) atoms. The molecule has 0 aromatic heterocycles. The summed E-state index contributed by atoms with van der Waals surface area (Å²) in [5.41, 5.74) is 0. The van der Waals surface area contributed by atoms with Crippen LogP contribution in [0.4, 0.5) is 0 Å². The molecule has 0 spiro atoms. The van der Waals surface area contributed by atoms with Gasteiger partial charge in [-0.2, -0.15) is 0 Å². The fourth-order valence-corrected chi connectivity index (χ4v) is 1.21. The minimum Gasteiger partial charge on any atom is -0.379 e. The first-order valence-corrected chi connectivity index (χ1v) is 7.71. The molecular weight excluding hydrogens is 242 g/mol. The van der Waals surface area contributed by atoms with E-state index in [-0.39, 0.29) is 0 Å². The number of nitrogens with one attached hydrogen (secondary N) is 1. The van der Waals surface area contributed by atoms with Gasteiger partial charge in [-0.1, -0.05) is 40.0 Å². The number of unbranched alkanes of at least 4 members (excludes halogenated alkanes) is 2. The van der Waals surface area contributed by atoms with E-state index in [1.165, 1.54) is 19.3 Å². The number of likely N-dealkylation sites (N-methyl/N-ethyl adjacent to an activating group) is 1. The van der Waals surface area contributed by atoms with Gasteiger partial charge in [0.25, 0.3) is 0 Å². The van der Waals surface area contributed by atoms with E-state index in [9.17, 15) is 0 Å². The predicted molar refractivity (Wildman–Crippen MR) is 81.9 cm³/mol. The third-order valence-electron chi connectivity index (χ3n) is 2.30. The maximum Gasteiger partial charge on any atom is 0.0701 e. The van der Waals surface area contributed by atoms with E-state index in [2.05, 4.69) is 26.1 Å². The average Bonchev–Trinajstić information content (AvgIpc) is 2.43. The summed E-state index contributed by atoms with van der Waals surface area (Å²) >= 11 is 0. The van der Waals surface area contributed by atoms with Gasteiger partial charge in [0, 0.05) is 13.2 Å². The number of rotatable bonds is 13. The molecule has 0 bridgehead atoms. The topological polar surface area (TPSA) is 39.7 Å². The maximum absolute atomic E-state index is 5.29. The smallest absolute Gasteiger partial charge is 0.0701 e. The average molecular weight is 277 g/mol. The van der Waals surface area contributed by atoms with E-state index in [0.717, 1.165) is 26.2 Å². The normalized spacial score (nSPS) is 10.1. The first-order chi connectivity index (χ1) is 9.33. The Balaban J connectivity index is 0. The van der Waals surface area contributed by atoms with E-state index < -0.39 is 0 Å². The third-order valence-corrected chi connectivity index (χ3v) is 2.30. The fraction of sp³-hybridized carbons (Fsp3) is 1.00. The summed E-state index contributed by atoms with van der Waals surface area (Å²) in [5, 5.41) is 3.01. The van der Waals surface area contributed by atoms with Crippen LogP contribution in [0.2, 0.25) is 0 Å². The van der Waals surface area contributed by atoms with E-state index in [0.29, 0.717) is 26.4 Å². The van der Waals surface area contributed by atoms with Crippen LogP contribution in [-0.4, -0.2) is 53.2 Å². The molecule has 0 aromatic rings. The van der Waals surface area contributed by atoms with Gasteiger partial charge in [0.05, 0.1) is 33.0 Å². The molecule has 4 nitrogen and oxygen atoms in total. The molecule has 0 aromatic carbocycles. The van der Waals surface area contributed by atoms with Crippen molar-refractivity contribution >= 4 is 0 Å². The third kappa shape index (κ3) is 27.2. The zero-order valence-electron chi connectivity index (χ0n) is 13.5. The highest BCUT2D eigenvalue weighted by molar-refractivity contribution is 4.37. The van der Waals surface area contributed by atoms with Crippen LogP contribution >= 0.6 is 0 Å². The van der Waals surface area contributed by atoms with Gasteiger partial charge >= 0.3 is 0 Å². The lowest BCUT2D eigenvalue weighted by Crippen LogP contribution is -2.16. The van der Waals surface area contributed by atoms with E-state index in [1.54, 1.807) is 0 Å². The van der Waals surface area contributed by atoms with Crippen molar-refractivity contribution in [1.82, 2.24) is 5.32 Å². The van der Waals surface area contributed by atoms with Crippen molar-refractivity contribution in [3.05, 3.63) is 0 Å². The summed E-state index contributed by atoms with van der Waals surface area (Å²) in [6.07, 6.45) is 5.14. The molecule has 1 N–H and O–H groups in total.